The zero-order chi connectivity index (χ0) is 9.42. The highest BCUT2D eigenvalue weighted by Gasteiger charge is 2.31. The first-order valence-electron chi connectivity index (χ1n) is 4.62. The van der Waals surface area contributed by atoms with E-state index in [1.165, 1.54) is 0 Å². The molecule has 1 aliphatic rings. The molecular weight excluding hydrogens is 184 g/mol. The summed E-state index contributed by atoms with van der Waals surface area (Å²) in [6, 6.07) is 5.83. The monoisotopic (exact) mass is 196 g/mol. The van der Waals surface area contributed by atoms with Crippen LogP contribution in [-0.2, 0) is 0 Å². The standard InChI is InChI=1S/C11H13ClO/c1-7-2-5-9(10(12)6-7)11(13)8-3-4-8/h2,5-6,8,11,13H,3-4H2,1H3. The molecule has 0 heterocycles. The summed E-state index contributed by atoms with van der Waals surface area (Å²) in [4.78, 5) is 0. The third kappa shape index (κ3) is 1.87. The van der Waals surface area contributed by atoms with Crippen LogP contribution < -0.4 is 0 Å². The predicted octanol–water partition coefficient (Wildman–Crippen LogP) is 3.09. The topological polar surface area (TPSA) is 20.2 Å². The van der Waals surface area contributed by atoms with Crippen molar-refractivity contribution in [2.45, 2.75) is 25.9 Å². The highest BCUT2D eigenvalue weighted by atomic mass is 35.5. The second-order valence-corrected chi connectivity index (χ2v) is 4.21. The predicted molar refractivity (Wildman–Crippen MR) is 53.9 cm³/mol. The van der Waals surface area contributed by atoms with Gasteiger partial charge in [-0.05, 0) is 42.9 Å². The van der Waals surface area contributed by atoms with Crippen molar-refractivity contribution in [1.29, 1.82) is 0 Å². The van der Waals surface area contributed by atoms with Gasteiger partial charge in [-0.1, -0.05) is 23.7 Å². The quantitative estimate of drug-likeness (QED) is 0.771. The molecule has 1 aromatic rings. The van der Waals surface area contributed by atoms with Gasteiger partial charge in [0, 0.05) is 5.02 Å². The Morgan fingerprint density at radius 2 is 2.15 bits per heavy atom. The molecule has 70 valence electrons. The molecule has 0 radical (unpaired) electrons. The van der Waals surface area contributed by atoms with Crippen molar-refractivity contribution in [2.24, 2.45) is 5.92 Å². The number of aryl methyl sites for hydroxylation is 1. The lowest BCUT2D eigenvalue weighted by atomic mass is 10.0. The van der Waals surface area contributed by atoms with Gasteiger partial charge in [-0.15, -0.1) is 0 Å². The normalized spacial score (nSPS) is 18.7. The SMILES string of the molecule is Cc1ccc(C(O)C2CC2)c(Cl)c1. The number of benzene rings is 1. The fraction of sp³-hybridized carbons (Fsp3) is 0.455. The lowest BCUT2D eigenvalue weighted by Gasteiger charge is -2.11. The number of halogens is 1. The smallest absolute Gasteiger partial charge is 0.0832 e. The summed E-state index contributed by atoms with van der Waals surface area (Å²) >= 11 is 6.04. The maximum atomic E-state index is 9.85. The van der Waals surface area contributed by atoms with Crippen LogP contribution in [0, 0.1) is 12.8 Å². The summed E-state index contributed by atoms with van der Waals surface area (Å²) in [6.07, 6.45) is 1.91. The molecule has 2 rings (SSSR count). The van der Waals surface area contributed by atoms with Gasteiger partial charge in [0.05, 0.1) is 6.10 Å². The molecule has 2 heteroatoms. The van der Waals surface area contributed by atoms with Crippen LogP contribution in [0.1, 0.15) is 30.1 Å². The summed E-state index contributed by atoms with van der Waals surface area (Å²) in [6.45, 7) is 2.00. The fourth-order valence-electron chi connectivity index (χ4n) is 1.54. The molecule has 1 atom stereocenters. The summed E-state index contributed by atoms with van der Waals surface area (Å²) in [5.41, 5.74) is 2.02. The summed E-state index contributed by atoms with van der Waals surface area (Å²) < 4.78 is 0. The van der Waals surface area contributed by atoms with Gasteiger partial charge >= 0.3 is 0 Å². The zero-order valence-electron chi connectivity index (χ0n) is 7.63. The van der Waals surface area contributed by atoms with Crippen molar-refractivity contribution < 1.29 is 5.11 Å². The molecule has 0 spiro atoms. The highest BCUT2D eigenvalue weighted by Crippen LogP contribution is 2.42. The van der Waals surface area contributed by atoms with Crippen LogP contribution in [0.4, 0.5) is 0 Å². The van der Waals surface area contributed by atoms with Crippen molar-refractivity contribution in [2.75, 3.05) is 0 Å². The molecule has 13 heavy (non-hydrogen) atoms. The van der Waals surface area contributed by atoms with Gasteiger partial charge in [0.2, 0.25) is 0 Å². The third-order valence-corrected chi connectivity index (χ3v) is 2.87. The number of hydrogen-bond donors (Lipinski definition) is 1. The van der Waals surface area contributed by atoms with Gasteiger partial charge < -0.3 is 5.11 Å². The molecular formula is C11H13ClO. The second-order valence-electron chi connectivity index (χ2n) is 3.81. The van der Waals surface area contributed by atoms with Crippen LogP contribution in [0.15, 0.2) is 18.2 Å². The second kappa shape index (κ2) is 3.32. The van der Waals surface area contributed by atoms with E-state index in [1.54, 1.807) is 0 Å². The summed E-state index contributed by atoms with van der Waals surface area (Å²) in [5, 5.41) is 10.5. The van der Waals surface area contributed by atoms with Crippen molar-refractivity contribution >= 4 is 11.6 Å². The number of aliphatic hydroxyl groups excluding tert-OH is 1. The first kappa shape index (κ1) is 9.04. The van der Waals surface area contributed by atoms with Crippen molar-refractivity contribution in [3.8, 4) is 0 Å². The number of hydrogen-bond acceptors (Lipinski definition) is 1. The Hall–Kier alpha value is -0.530. The largest absolute Gasteiger partial charge is 0.388 e. The van der Waals surface area contributed by atoms with Crippen molar-refractivity contribution in [3.63, 3.8) is 0 Å². The molecule has 0 aromatic heterocycles. The maximum Gasteiger partial charge on any atom is 0.0832 e. The van der Waals surface area contributed by atoms with E-state index >= 15 is 0 Å². The Morgan fingerprint density at radius 1 is 1.46 bits per heavy atom. The number of rotatable bonds is 2. The molecule has 1 N–H and O–H groups in total. The first-order valence-corrected chi connectivity index (χ1v) is 5.00. The molecule has 1 saturated carbocycles. The Kier molecular flexibility index (Phi) is 2.31. The van der Waals surface area contributed by atoms with E-state index < -0.39 is 0 Å². The zero-order valence-corrected chi connectivity index (χ0v) is 8.38. The summed E-state index contributed by atoms with van der Waals surface area (Å²) in [5.74, 6) is 0.445. The first-order chi connectivity index (χ1) is 6.18. The summed E-state index contributed by atoms with van der Waals surface area (Å²) in [7, 11) is 0. The molecule has 1 aromatic carbocycles. The van der Waals surface area contributed by atoms with Gasteiger partial charge in [0.1, 0.15) is 0 Å². The molecule has 0 amide bonds. The van der Waals surface area contributed by atoms with Crippen LogP contribution in [-0.4, -0.2) is 5.11 Å². The van der Waals surface area contributed by atoms with Crippen molar-refractivity contribution in [1.82, 2.24) is 0 Å². The molecule has 1 aliphatic carbocycles. The Balaban J connectivity index is 2.28. The highest BCUT2D eigenvalue weighted by molar-refractivity contribution is 6.31. The Bertz CT molecular complexity index is 318. The molecule has 0 saturated heterocycles. The van der Waals surface area contributed by atoms with E-state index in [2.05, 4.69) is 0 Å². The van der Waals surface area contributed by atoms with Gasteiger partial charge in [-0.2, -0.15) is 0 Å². The molecule has 1 unspecified atom stereocenters. The van der Waals surface area contributed by atoms with E-state index in [9.17, 15) is 5.11 Å². The average molecular weight is 197 g/mol. The van der Waals surface area contributed by atoms with Gasteiger partial charge in [-0.25, -0.2) is 0 Å². The van der Waals surface area contributed by atoms with Crippen LogP contribution in [0.5, 0.6) is 0 Å². The molecule has 1 fully saturated rings. The lowest BCUT2D eigenvalue weighted by Crippen LogP contribution is -2.00. The molecule has 1 nitrogen and oxygen atoms in total. The Labute approximate surface area is 83.3 Å². The van der Waals surface area contributed by atoms with Gasteiger partial charge in [0.15, 0.2) is 0 Å². The maximum absolute atomic E-state index is 9.85. The van der Waals surface area contributed by atoms with Crippen LogP contribution in [0.25, 0.3) is 0 Å². The minimum atomic E-state index is -0.354. The molecule has 0 aliphatic heterocycles. The Morgan fingerprint density at radius 3 is 2.69 bits per heavy atom. The third-order valence-electron chi connectivity index (χ3n) is 2.54. The minimum Gasteiger partial charge on any atom is -0.388 e. The fourth-order valence-corrected chi connectivity index (χ4v) is 1.88. The lowest BCUT2D eigenvalue weighted by molar-refractivity contribution is 0.154. The van der Waals surface area contributed by atoms with Crippen molar-refractivity contribution in [3.05, 3.63) is 34.3 Å². The van der Waals surface area contributed by atoms with E-state index in [4.69, 9.17) is 11.6 Å². The average Bonchev–Trinajstić information content (AvgIpc) is 2.85. The van der Waals surface area contributed by atoms with E-state index in [0.29, 0.717) is 10.9 Å². The van der Waals surface area contributed by atoms with Gasteiger partial charge in [0.25, 0.3) is 0 Å². The van der Waals surface area contributed by atoms with Crippen LogP contribution in [0.3, 0.4) is 0 Å². The molecule has 0 bridgehead atoms. The minimum absolute atomic E-state index is 0.354. The number of aliphatic hydroxyl groups is 1. The van der Waals surface area contributed by atoms with E-state index in [-0.39, 0.29) is 6.10 Å². The van der Waals surface area contributed by atoms with E-state index in [0.717, 1.165) is 24.0 Å². The van der Waals surface area contributed by atoms with Gasteiger partial charge in [-0.3, -0.25) is 0 Å². The van der Waals surface area contributed by atoms with Crippen LogP contribution in [0.2, 0.25) is 5.02 Å². The van der Waals surface area contributed by atoms with Crippen LogP contribution >= 0.6 is 11.6 Å². The van der Waals surface area contributed by atoms with E-state index in [1.807, 2.05) is 25.1 Å².